The molecule has 3 aromatic rings. The number of imidazole rings is 1. The minimum atomic E-state index is 0.318. The summed E-state index contributed by atoms with van der Waals surface area (Å²) in [5, 5.41) is 19.4. The number of anilines is 1. The first-order chi connectivity index (χ1) is 12.8. The standard InChI is InChI=1S/C21H20N4O/c22-8-14-12-4-3-5-13(12)21(24-9-15-16(10-24)17(15)11-26)25-19-7-2-1-6-18(19)23-20(14)25/h1-2,6-7,15-17,26H,3-5,9-11H2/t15-,16+,17-. The van der Waals surface area contributed by atoms with Gasteiger partial charge in [-0.3, -0.25) is 4.40 Å². The SMILES string of the molecule is N#Cc1c2c(c(N3C[C@@H]4[C@H](CO)[C@@H]4C3)n3c1nc1ccccc13)CCC2. The lowest BCUT2D eigenvalue weighted by molar-refractivity contribution is 0.260. The van der Waals surface area contributed by atoms with Gasteiger partial charge in [0.1, 0.15) is 11.9 Å². The lowest BCUT2D eigenvalue weighted by Gasteiger charge is -2.26. The molecule has 2 fully saturated rings. The van der Waals surface area contributed by atoms with Crippen LogP contribution in [0.15, 0.2) is 24.3 Å². The van der Waals surface area contributed by atoms with Crippen molar-refractivity contribution < 1.29 is 5.11 Å². The minimum Gasteiger partial charge on any atom is -0.396 e. The highest BCUT2D eigenvalue weighted by Crippen LogP contribution is 2.53. The van der Waals surface area contributed by atoms with E-state index in [9.17, 15) is 10.4 Å². The topological polar surface area (TPSA) is 64.6 Å². The lowest BCUT2D eigenvalue weighted by atomic mass is 10.1. The minimum absolute atomic E-state index is 0.318. The largest absolute Gasteiger partial charge is 0.396 e. The second-order valence-corrected chi connectivity index (χ2v) is 7.96. The van der Waals surface area contributed by atoms with E-state index in [-0.39, 0.29) is 0 Å². The fraction of sp³-hybridized carbons (Fsp3) is 0.429. The van der Waals surface area contributed by atoms with Gasteiger partial charge in [0.25, 0.3) is 0 Å². The number of hydrogen-bond acceptors (Lipinski definition) is 4. The summed E-state index contributed by atoms with van der Waals surface area (Å²) in [7, 11) is 0. The average molecular weight is 344 g/mol. The Morgan fingerprint density at radius 3 is 2.69 bits per heavy atom. The Morgan fingerprint density at radius 2 is 1.92 bits per heavy atom. The number of para-hydroxylation sites is 2. The number of rotatable bonds is 2. The fourth-order valence-corrected chi connectivity index (χ4v) is 5.49. The van der Waals surface area contributed by atoms with E-state index in [4.69, 9.17) is 4.98 Å². The Hall–Kier alpha value is -2.58. The second kappa shape index (κ2) is 4.99. The summed E-state index contributed by atoms with van der Waals surface area (Å²) in [5.74, 6) is 2.99. The molecule has 130 valence electrons. The van der Waals surface area contributed by atoms with E-state index in [1.165, 1.54) is 16.9 Å². The van der Waals surface area contributed by atoms with Crippen molar-refractivity contribution in [2.45, 2.75) is 19.3 Å². The van der Waals surface area contributed by atoms with E-state index >= 15 is 0 Å². The highest BCUT2D eigenvalue weighted by atomic mass is 16.3. The van der Waals surface area contributed by atoms with E-state index in [0.717, 1.165) is 54.6 Å². The Bertz CT molecular complexity index is 1100. The van der Waals surface area contributed by atoms with Crippen LogP contribution in [0, 0.1) is 29.1 Å². The molecule has 2 aromatic heterocycles. The summed E-state index contributed by atoms with van der Waals surface area (Å²) < 4.78 is 2.23. The van der Waals surface area contributed by atoms with Crippen molar-refractivity contribution >= 4 is 22.5 Å². The number of pyridine rings is 1. The summed E-state index contributed by atoms with van der Waals surface area (Å²) in [6, 6.07) is 10.6. The van der Waals surface area contributed by atoms with Crippen molar-refractivity contribution in [2.24, 2.45) is 17.8 Å². The lowest BCUT2D eigenvalue weighted by Crippen LogP contribution is -2.28. The number of hydrogen-bond donors (Lipinski definition) is 1. The zero-order valence-corrected chi connectivity index (χ0v) is 14.5. The van der Waals surface area contributed by atoms with Crippen LogP contribution < -0.4 is 4.90 Å². The first-order valence-electron chi connectivity index (χ1n) is 9.52. The predicted molar refractivity (Wildman–Crippen MR) is 99.2 cm³/mol. The molecule has 1 aliphatic heterocycles. The third kappa shape index (κ3) is 1.70. The van der Waals surface area contributed by atoms with E-state index in [1.807, 2.05) is 18.2 Å². The van der Waals surface area contributed by atoms with Gasteiger partial charge in [-0.2, -0.15) is 5.26 Å². The zero-order valence-electron chi connectivity index (χ0n) is 14.5. The van der Waals surface area contributed by atoms with Crippen molar-refractivity contribution in [3.63, 3.8) is 0 Å². The van der Waals surface area contributed by atoms with Crippen LogP contribution in [0.2, 0.25) is 0 Å². The molecular formula is C21H20N4O. The zero-order chi connectivity index (χ0) is 17.4. The van der Waals surface area contributed by atoms with Crippen LogP contribution in [0.5, 0.6) is 0 Å². The molecular weight excluding hydrogens is 324 g/mol. The van der Waals surface area contributed by atoms with Crippen LogP contribution in [-0.2, 0) is 12.8 Å². The Morgan fingerprint density at radius 1 is 1.15 bits per heavy atom. The smallest absolute Gasteiger partial charge is 0.157 e. The molecule has 6 rings (SSSR count). The fourth-order valence-electron chi connectivity index (χ4n) is 5.49. The third-order valence-corrected chi connectivity index (χ3v) is 6.78. The number of fused-ring (bicyclic) bond motifs is 5. The van der Waals surface area contributed by atoms with Crippen molar-refractivity contribution in [3.05, 3.63) is 41.0 Å². The Labute approximate surface area is 151 Å². The molecule has 3 aliphatic rings. The first-order valence-corrected chi connectivity index (χ1v) is 9.52. The monoisotopic (exact) mass is 344 g/mol. The molecule has 0 amide bonds. The van der Waals surface area contributed by atoms with E-state index in [0.29, 0.717) is 24.4 Å². The molecule has 0 radical (unpaired) electrons. The van der Waals surface area contributed by atoms with Gasteiger partial charge in [0.05, 0.1) is 16.6 Å². The molecule has 1 saturated carbocycles. The van der Waals surface area contributed by atoms with Gasteiger partial charge in [0, 0.05) is 19.7 Å². The highest BCUT2D eigenvalue weighted by Gasteiger charge is 2.55. The van der Waals surface area contributed by atoms with Gasteiger partial charge in [-0.15, -0.1) is 0 Å². The van der Waals surface area contributed by atoms with Gasteiger partial charge >= 0.3 is 0 Å². The molecule has 1 aromatic carbocycles. The van der Waals surface area contributed by atoms with Gasteiger partial charge in [-0.1, -0.05) is 12.1 Å². The van der Waals surface area contributed by atoms with Gasteiger partial charge in [-0.25, -0.2) is 4.98 Å². The maximum atomic E-state index is 9.85. The van der Waals surface area contributed by atoms with Crippen molar-refractivity contribution in [1.29, 1.82) is 5.26 Å². The highest BCUT2D eigenvalue weighted by molar-refractivity contribution is 5.86. The van der Waals surface area contributed by atoms with Gasteiger partial charge in [-0.05, 0) is 60.3 Å². The summed E-state index contributed by atoms with van der Waals surface area (Å²) in [6.45, 7) is 2.34. The Kier molecular flexibility index (Phi) is 2.80. The number of nitriles is 1. The molecule has 26 heavy (non-hydrogen) atoms. The predicted octanol–water partition coefficient (Wildman–Crippen LogP) is 2.52. The van der Waals surface area contributed by atoms with Crippen LogP contribution in [0.3, 0.4) is 0 Å². The maximum Gasteiger partial charge on any atom is 0.157 e. The van der Waals surface area contributed by atoms with Gasteiger partial charge in [0.15, 0.2) is 5.65 Å². The number of nitrogens with zero attached hydrogens (tertiary/aromatic N) is 4. The van der Waals surface area contributed by atoms with E-state index in [1.54, 1.807) is 0 Å². The first kappa shape index (κ1) is 14.6. The maximum absolute atomic E-state index is 9.85. The van der Waals surface area contributed by atoms with Crippen molar-refractivity contribution in [2.75, 3.05) is 24.6 Å². The summed E-state index contributed by atoms with van der Waals surface area (Å²) in [6.07, 6.45) is 3.13. The molecule has 5 nitrogen and oxygen atoms in total. The number of benzene rings is 1. The van der Waals surface area contributed by atoms with Crippen LogP contribution in [0.1, 0.15) is 23.1 Å². The molecule has 0 bridgehead atoms. The van der Waals surface area contributed by atoms with Crippen LogP contribution in [0.4, 0.5) is 5.82 Å². The molecule has 0 unspecified atom stereocenters. The molecule has 3 atom stereocenters. The number of piperidine rings is 1. The van der Waals surface area contributed by atoms with Gasteiger partial charge in [0.2, 0.25) is 0 Å². The molecule has 3 heterocycles. The van der Waals surface area contributed by atoms with Crippen molar-refractivity contribution in [3.8, 4) is 6.07 Å². The number of aromatic nitrogens is 2. The normalized spacial score (nSPS) is 26.3. The van der Waals surface area contributed by atoms with Crippen molar-refractivity contribution in [1.82, 2.24) is 9.38 Å². The molecule has 2 aliphatic carbocycles. The third-order valence-electron chi connectivity index (χ3n) is 6.78. The molecule has 5 heteroatoms. The van der Waals surface area contributed by atoms with Gasteiger partial charge < -0.3 is 10.0 Å². The quantitative estimate of drug-likeness (QED) is 0.776. The molecule has 1 N–H and O–H groups in total. The molecule has 1 saturated heterocycles. The van der Waals surface area contributed by atoms with E-state index < -0.39 is 0 Å². The van der Waals surface area contributed by atoms with Crippen LogP contribution in [0.25, 0.3) is 16.7 Å². The number of aliphatic hydroxyl groups excluding tert-OH is 1. The Balaban J connectivity index is 1.64. The average Bonchev–Trinajstić information content (AvgIpc) is 3.12. The summed E-state index contributed by atoms with van der Waals surface area (Å²) in [5.41, 5.74) is 6.16. The van der Waals surface area contributed by atoms with E-state index in [2.05, 4.69) is 21.4 Å². The summed E-state index contributed by atoms with van der Waals surface area (Å²) in [4.78, 5) is 7.32. The number of aliphatic hydroxyl groups is 1. The van der Waals surface area contributed by atoms with Crippen LogP contribution >= 0.6 is 0 Å². The summed E-state index contributed by atoms with van der Waals surface area (Å²) >= 11 is 0. The second-order valence-electron chi connectivity index (χ2n) is 7.96. The molecule has 0 spiro atoms. The van der Waals surface area contributed by atoms with Crippen LogP contribution in [-0.4, -0.2) is 34.2 Å².